The molecule has 0 aliphatic heterocycles. The number of carbonyl (C=O) groups excluding carboxylic acids is 1. The predicted molar refractivity (Wildman–Crippen MR) is 101 cm³/mol. The number of benzene rings is 2. The van der Waals surface area contributed by atoms with E-state index in [0.717, 1.165) is 5.56 Å². The molecule has 1 N–H and O–H groups in total. The van der Waals surface area contributed by atoms with Crippen LogP contribution in [0.1, 0.15) is 25.0 Å². The lowest BCUT2D eigenvalue weighted by molar-refractivity contribution is -0.112. The zero-order valence-corrected chi connectivity index (χ0v) is 15.1. The van der Waals surface area contributed by atoms with Crippen LogP contribution in [0, 0.1) is 18.3 Å². The minimum atomic E-state index is -0.484. The molecule has 2 rings (SSSR count). The molecular weight excluding hydrogens is 336 g/mol. The van der Waals surface area contributed by atoms with Crippen molar-refractivity contribution in [1.29, 1.82) is 5.26 Å². The van der Waals surface area contributed by atoms with E-state index in [1.165, 1.54) is 6.08 Å². The predicted octanol–water partition coefficient (Wildman–Crippen LogP) is 4.98. The first-order valence-corrected chi connectivity index (χ1v) is 8.23. The Balaban J connectivity index is 2.30. The first-order valence-electron chi connectivity index (χ1n) is 7.85. The van der Waals surface area contributed by atoms with Crippen LogP contribution in [0.4, 0.5) is 5.69 Å². The summed E-state index contributed by atoms with van der Waals surface area (Å²) in [7, 11) is 0. The number of halogens is 1. The van der Waals surface area contributed by atoms with Gasteiger partial charge in [-0.3, -0.25) is 4.79 Å². The summed E-state index contributed by atoms with van der Waals surface area (Å²) in [6.07, 6.45) is 1.44. The van der Waals surface area contributed by atoms with Crippen molar-refractivity contribution in [2.24, 2.45) is 0 Å². The Morgan fingerprint density at radius 3 is 2.52 bits per heavy atom. The molecule has 128 valence electrons. The first-order chi connectivity index (χ1) is 11.9. The second-order valence-corrected chi connectivity index (χ2v) is 6.28. The van der Waals surface area contributed by atoms with E-state index in [1.807, 2.05) is 39.0 Å². The molecule has 0 bridgehead atoms. The van der Waals surface area contributed by atoms with Crippen LogP contribution < -0.4 is 10.1 Å². The molecule has 2 aromatic carbocycles. The van der Waals surface area contributed by atoms with Crippen molar-refractivity contribution in [3.63, 3.8) is 0 Å². The Hall–Kier alpha value is -2.77. The number of nitrogens with zero attached hydrogens (tertiary/aromatic N) is 1. The number of hydrogen-bond donors (Lipinski definition) is 1. The second kappa shape index (κ2) is 8.36. The zero-order valence-electron chi connectivity index (χ0n) is 14.3. The number of anilines is 1. The molecule has 0 aliphatic rings. The van der Waals surface area contributed by atoms with E-state index in [1.54, 1.807) is 30.3 Å². The van der Waals surface area contributed by atoms with E-state index < -0.39 is 5.91 Å². The summed E-state index contributed by atoms with van der Waals surface area (Å²) in [5, 5.41) is 12.6. The van der Waals surface area contributed by atoms with Gasteiger partial charge in [0.25, 0.3) is 5.91 Å². The van der Waals surface area contributed by atoms with E-state index in [4.69, 9.17) is 16.3 Å². The summed E-state index contributed by atoms with van der Waals surface area (Å²) < 4.78 is 5.71. The summed E-state index contributed by atoms with van der Waals surface area (Å²) in [6, 6.07) is 14.4. The molecule has 25 heavy (non-hydrogen) atoms. The summed E-state index contributed by atoms with van der Waals surface area (Å²) >= 11 is 6.04. The van der Waals surface area contributed by atoms with E-state index in [-0.39, 0.29) is 11.7 Å². The Labute approximate surface area is 152 Å². The quantitative estimate of drug-likeness (QED) is 0.608. The topological polar surface area (TPSA) is 62.1 Å². The molecule has 0 aromatic heterocycles. The molecule has 0 heterocycles. The van der Waals surface area contributed by atoms with Gasteiger partial charge < -0.3 is 10.1 Å². The van der Waals surface area contributed by atoms with E-state index in [0.29, 0.717) is 22.0 Å². The van der Waals surface area contributed by atoms with E-state index in [2.05, 4.69) is 5.32 Å². The van der Waals surface area contributed by atoms with Crippen molar-refractivity contribution in [2.45, 2.75) is 26.9 Å². The lowest BCUT2D eigenvalue weighted by Crippen LogP contribution is -2.13. The van der Waals surface area contributed by atoms with Crippen LogP contribution in [-0.2, 0) is 4.79 Å². The van der Waals surface area contributed by atoms with Gasteiger partial charge in [0.1, 0.15) is 17.4 Å². The third kappa shape index (κ3) is 5.37. The minimum absolute atomic E-state index is 0.0311. The summed E-state index contributed by atoms with van der Waals surface area (Å²) in [6.45, 7) is 5.76. The molecule has 2 aromatic rings. The van der Waals surface area contributed by atoms with E-state index >= 15 is 0 Å². The first kappa shape index (κ1) is 18.6. The Kier molecular flexibility index (Phi) is 6.21. The monoisotopic (exact) mass is 354 g/mol. The Morgan fingerprint density at radius 1 is 1.24 bits per heavy atom. The maximum atomic E-state index is 12.4. The third-order valence-corrected chi connectivity index (χ3v) is 3.54. The van der Waals surface area contributed by atoms with Crippen LogP contribution in [-0.4, -0.2) is 12.0 Å². The Bertz CT molecular complexity index is 834. The lowest BCUT2D eigenvalue weighted by Gasteiger charge is -2.13. The molecule has 0 radical (unpaired) electrons. The molecule has 0 aliphatic carbocycles. The largest absolute Gasteiger partial charge is 0.490 e. The van der Waals surface area contributed by atoms with Gasteiger partial charge in [-0.05, 0) is 57.2 Å². The third-order valence-electron chi connectivity index (χ3n) is 3.31. The molecule has 5 heteroatoms. The number of hydrogen-bond acceptors (Lipinski definition) is 3. The average molecular weight is 355 g/mol. The lowest BCUT2D eigenvalue weighted by atomic mass is 10.1. The summed E-state index contributed by atoms with van der Waals surface area (Å²) in [4.78, 5) is 12.4. The highest BCUT2D eigenvalue weighted by atomic mass is 35.5. The van der Waals surface area contributed by atoms with Gasteiger partial charge in [-0.25, -0.2) is 0 Å². The zero-order chi connectivity index (χ0) is 18.4. The van der Waals surface area contributed by atoms with Crippen LogP contribution in [0.25, 0.3) is 6.08 Å². The van der Waals surface area contributed by atoms with Crippen LogP contribution >= 0.6 is 11.6 Å². The van der Waals surface area contributed by atoms with Crippen LogP contribution in [0.2, 0.25) is 5.02 Å². The maximum Gasteiger partial charge on any atom is 0.266 e. The highest BCUT2D eigenvalue weighted by Crippen LogP contribution is 2.26. The van der Waals surface area contributed by atoms with Crippen molar-refractivity contribution in [3.05, 3.63) is 64.2 Å². The van der Waals surface area contributed by atoms with Gasteiger partial charge in [-0.1, -0.05) is 29.3 Å². The van der Waals surface area contributed by atoms with Crippen molar-refractivity contribution >= 4 is 29.3 Å². The van der Waals surface area contributed by atoms with Crippen molar-refractivity contribution in [3.8, 4) is 11.8 Å². The fourth-order valence-corrected chi connectivity index (χ4v) is 2.31. The molecule has 0 atom stereocenters. The van der Waals surface area contributed by atoms with Gasteiger partial charge >= 0.3 is 0 Å². The minimum Gasteiger partial charge on any atom is -0.490 e. The molecule has 0 fully saturated rings. The molecule has 0 saturated carbocycles. The fourth-order valence-electron chi connectivity index (χ4n) is 2.13. The number of ether oxygens (including phenoxy) is 1. The van der Waals surface area contributed by atoms with Crippen LogP contribution in [0.3, 0.4) is 0 Å². The molecule has 1 amide bonds. The van der Waals surface area contributed by atoms with Crippen LogP contribution in [0.15, 0.2) is 48.0 Å². The van der Waals surface area contributed by atoms with Gasteiger partial charge in [0.2, 0.25) is 0 Å². The fraction of sp³-hybridized carbons (Fsp3) is 0.200. The standard InChI is InChI=1S/C20H19ClN2O2/c1-13(2)25-19-9-6-17(21)11-15(19)10-16(12-22)20(24)23-18-7-4-14(3)5-8-18/h4-11,13H,1-3H3,(H,23,24)/b16-10+. The van der Waals surface area contributed by atoms with Gasteiger partial charge in [-0.15, -0.1) is 0 Å². The van der Waals surface area contributed by atoms with Gasteiger partial charge in [-0.2, -0.15) is 5.26 Å². The smallest absolute Gasteiger partial charge is 0.266 e. The number of rotatable bonds is 5. The van der Waals surface area contributed by atoms with Gasteiger partial charge in [0.15, 0.2) is 0 Å². The molecule has 0 unspecified atom stereocenters. The highest BCUT2D eigenvalue weighted by Gasteiger charge is 2.12. The van der Waals surface area contributed by atoms with Crippen molar-refractivity contribution < 1.29 is 9.53 Å². The molecule has 0 spiro atoms. The van der Waals surface area contributed by atoms with Gasteiger partial charge in [0.05, 0.1) is 6.10 Å². The number of carbonyl (C=O) groups is 1. The van der Waals surface area contributed by atoms with Crippen molar-refractivity contribution in [2.75, 3.05) is 5.32 Å². The summed E-state index contributed by atoms with van der Waals surface area (Å²) in [5.41, 5.74) is 2.26. The maximum absolute atomic E-state index is 12.4. The Morgan fingerprint density at radius 2 is 1.92 bits per heavy atom. The normalized spacial score (nSPS) is 11.1. The molecule has 0 saturated heterocycles. The average Bonchev–Trinajstić information content (AvgIpc) is 2.56. The van der Waals surface area contributed by atoms with Crippen LogP contribution in [0.5, 0.6) is 5.75 Å². The number of nitriles is 1. The number of aryl methyl sites for hydroxylation is 1. The number of nitrogens with one attached hydrogen (secondary N) is 1. The van der Waals surface area contributed by atoms with Gasteiger partial charge in [0, 0.05) is 16.3 Å². The molecule has 4 nitrogen and oxygen atoms in total. The van der Waals surface area contributed by atoms with Crippen molar-refractivity contribution in [1.82, 2.24) is 0 Å². The SMILES string of the molecule is Cc1ccc(NC(=O)/C(C#N)=C/c2cc(Cl)ccc2OC(C)C)cc1. The highest BCUT2D eigenvalue weighted by molar-refractivity contribution is 6.30. The number of amides is 1. The summed E-state index contributed by atoms with van der Waals surface area (Å²) in [5.74, 6) is 0.0807. The van der Waals surface area contributed by atoms with E-state index in [9.17, 15) is 10.1 Å². The molecular formula is C20H19ClN2O2. The second-order valence-electron chi connectivity index (χ2n) is 5.84.